The van der Waals surface area contributed by atoms with Gasteiger partial charge < -0.3 is 20.0 Å². The van der Waals surface area contributed by atoms with Crippen molar-refractivity contribution in [3.05, 3.63) is 24.3 Å². The van der Waals surface area contributed by atoms with Crippen molar-refractivity contribution in [3.8, 4) is 0 Å². The lowest BCUT2D eigenvalue weighted by Crippen LogP contribution is -2.43. The molecule has 0 unspecified atom stereocenters. The minimum Gasteiger partial charge on any atom is -0.369 e. The molecule has 0 spiro atoms. The first-order valence-corrected chi connectivity index (χ1v) is 8.32. The van der Waals surface area contributed by atoms with Gasteiger partial charge in [0.25, 0.3) is 0 Å². The van der Waals surface area contributed by atoms with Gasteiger partial charge in [0.2, 0.25) is 0 Å². The molecular formula is C17H26N4. The summed E-state index contributed by atoms with van der Waals surface area (Å²) < 4.78 is 0. The Morgan fingerprint density at radius 2 is 1.67 bits per heavy atom. The van der Waals surface area contributed by atoms with Crippen LogP contribution in [0.4, 0.5) is 11.4 Å². The van der Waals surface area contributed by atoms with E-state index in [4.69, 9.17) is 0 Å². The third-order valence-electron chi connectivity index (χ3n) is 5.39. The fraction of sp³-hybridized carbons (Fsp3) is 0.647. The van der Waals surface area contributed by atoms with Crippen molar-refractivity contribution in [2.45, 2.75) is 12.5 Å². The van der Waals surface area contributed by atoms with Gasteiger partial charge in [0.1, 0.15) is 0 Å². The molecule has 0 amide bonds. The van der Waals surface area contributed by atoms with Crippen LogP contribution < -0.4 is 15.1 Å². The standard InChI is InChI=1S/C17H26N4/c1-19-12-14-6-9-21(17(14)13-19)16-4-2-15(3-5-16)20-10-7-18-8-11-20/h2-5,14,17-18H,6-13H2,1H3/t14-,17+/m1/s1. The van der Waals surface area contributed by atoms with E-state index in [-0.39, 0.29) is 0 Å². The van der Waals surface area contributed by atoms with Crippen molar-refractivity contribution in [2.24, 2.45) is 5.92 Å². The fourth-order valence-corrected chi connectivity index (χ4v) is 4.27. The molecule has 0 radical (unpaired) electrons. The summed E-state index contributed by atoms with van der Waals surface area (Å²) in [6.45, 7) is 8.19. The average molecular weight is 286 g/mol. The number of rotatable bonds is 2. The predicted octanol–water partition coefficient (Wildman–Crippen LogP) is 1.24. The molecule has 3 saturated heterocycles. The lowest BCUT2D eigenvalue weighted by Gasteiger charge is -2.31. The highest BCUT2D eigenvalue weighted by Crippen LogP contribution is 2.35. The third-order valence-corrected chi connectivity index (χ3v) is 5.39. The molecule has 21 heavy (non-hydrogen) atoms. The second kappa shape index (κ2) is 5.50. The van der Waals surface area contributed by atoms with Crippen LogP contribution in [-0.4, -0.2) is 63.8 Å². The average Bonchev–Trinajstić information content (AvgIpc) is 3.07. The van der Waals surface area contributed by atoms with Gasteiger partial charge in [-0.05, 0) is 43.7 Å². The number of fused-ring (bicyclic) bond motifs is 1. The van der Waals surface area contributed by atoms with E-state index in [0.717, 1.165) is 38.1 Å². The molecule has 0 saturated carbocycles. The lowest BCUT2D eigenvalue weighted by molar-refractivity contribution is 0.386. The van der Waals surface area contributed by atoms with Crippen molar-refractivity contribution in [2.75, 3.05) is 62.7 Å². The van der Waals surface area contributed by atoms with E-state index in [9.17, 15) is 0 Å². The molecule has 3 aliphatic rings. The first-order chi connectivity index (χ1) is 10.3. The van der Waals surface area contributed by atoms with Crippen LogP contribution in [0.3, 0.4) is 0 Å². The highest BCUT2D eigenvalue weighted by atomic mass is 15.3. The van der Waals surface area contributed by atoms with E-state index in [0.29, 0.717) is 0 Å². The van der Waals surface area contributed by atoms with Crippen molar-refractivity contribution in [1.82, 2.24) is 10.2 Å². The number of likely N-dealkylation sites (tertiary alicyclic amines) is 1. The number of likely N-dealkylation sites (N-methyl/N-ethyl adjacent to an activating group) is 1. The van der Waals surface area contributed by atoms with E-state index >= 15 is 0 Å². The van der Waals surface area contributed by atoms with E-state index in [1.807, 2.05) is 0 Å². The van der Waals surface area contributed by atoms with E-state index in [2.05, 4.69) is 51.3 Å². The Morgan fingerprint density at radius 1 is 0.952 bits per heavy atom. The van der Waals surface area contributed by atoms with E-state index < -0.39 is 0 Å². The van der Waals surface area contributed by atoms with Gasteiger partial charge in [-0.3, -0.25) is 0 Å². The Morgan fingerprint density at radius 3 is 2.43 bits per heavy atom. The smallest absolute Gasteiger partial charge is 0.0457 e. The summed E-state index contributed by atoms with van der Waals surface area (Å²) in [5, 5.41) is 3.42. The van der Waals surface area contributed by atoms with Crippen LogP contribution in [0.25, 0.3) is 0 Å². The molecule has 4 heteroatoms. The molecule has 2 atom stereocenters. The molecule has 4 rings (SSSR count). The zero-order valence-electron chi connectivity index (χ0n) is 13.0. The van der Waals surface area contributed by atoms with Crippen LogP contribution >= 0.6 is 0 Å². The van der Waals surface area contributed by atoms with Gasteiger partial charge in [0, 0.05) is 63.2 Å². The van der Waals surface area contributed by atoms with Gasteiger partial charge in [-0.2, -0.15) is 0 Å². The molecule has 3 fully saturated rings. The zero-order valence-corrected chi connectivity index (χ0v) is 13.0. The first-order valence-electron chi connectivity index (χ1n) is 8.32. The molecule has 0 aliphatic carbocycles. The van der Waals surface area contributed by atoms with Gasteiger partial charge in [-0.25, -0.2) is 0 Å². The summed E-state index contributed by atoms with van der Waals surface area (Å²) in [6, 6.07) is 10.0. The SMILES string of the molecule is CN1C[C@H]2CCN(c3ccc(N4CCNCC4)cc3)[C@H]2C1. The normalized spacial score (nSPS) is 30.0. The maximum Gasteiger partial charge on any atom is 0.0457 e. The van der Waals surface area contributed by atoms with Crippen LogP contribution in [0.5, 0.6) is 0 Å². The predicted molar refractivity (Wildman–Crippen MR) is 88.3 cm³/mol. The topological polar surface area (TPSA) is 21.8 Å². The monoisotopic (exact) mass is 286 g/mol. The quantitative estimate of drug-likeness (QED) is 0.883. The minimum absolute atomic E-state index is 0.736. The highest BCUT2D eigenvalue weighted by molar-refractivity contribution is 5.58. The molecule has 3 aliphatic heterocycles. The van der Waals surface area contributed by atoms with E-state index in [1.165, 1.54) is 37.4 Å². The van der Waals surface area contributed by atoms with Crippen molar-refractivity contribution in [3.63, 3.8) is 0 Å². The Bertz CT molecular complexity index is 480. The largest absolute Gasteiger partial charge is 0.369 e. The van der Waals surface area contributed by atoms with Crippen molar-refractivity contribution < 1.29 is 0 Å². The fourth-order valence-electron chi connectivity index (χ4n) is 4.27. The van der Waals surface area contributed by atoms with Crippen molar-refractivity contribution >= 4 is 11.4 Å². The lowest BCUT2D eigenvalue weighted by atomic mass is 10.0. The Balaban J connectivity index is 1.48. The summed E-state index contributed by atoms with van der Waals surface area (Å²) in [4.78, 5) is 7.60. The van der Waals surface area contributed by atoms with Gasteiger partial charge >= 0.3 is 0 Å². The highest BCUT2D eigenvalue weighted by Gasteiger charge is 2.39. The maximum absolute atomic E-state index is 3.42. The van der Waals surface area contributed by atoms with Crippen LogP contribution in [0.2, 0.25) is 0 Å². The van der Waals surface area contributed by atoms with Crippen LogP contribution in [0.1, 0.15) is 6.42 Å². The molecular weight excluding hydrogens is 260 g/mol. The number of nitrogens with one attached hydrogen (secondary N) is 1. The molecule has 1 aromatic rings. The third kappa shape index (κ3) is 2.51. The van der Waals surface area contributed by atoms with Crippen molar-refractivity contribution in [1.29, 1.82) is 0 Å². The molecule has 1 N–H and O–H groups in total. The number of hydrogen-bond acceptors (Lipinski definition) is 4. The Kier molecular flexibility index (Phi) is 3.51. The van der Waals surface area contributed by atoms with Gasteiger partial charge in [0.15, 0.2) is 0 Å². The molecule has 114 valence electrons. The number of benzene rings is 1. The summed E-state index contributed by atoms with van der Waals surface area (Å²) >= 11 is 0. The molecule has 0 aromatic heterocycles. The summed E-state index contributed by atoms with van der Waals surface area (Å²) in [5.41, 5.74) is 2.79. The van der Waals surface area contributed by atoms with Crippen LogP contribution in [0, 0.1) is 5.92 Å². The number of piperazine rings is 1. The maximum atomic E-state index is 3.42. The van der Waals surface area contributed by atoms with Crippen LogP contribution in [-0.2, 0) is 0 Å². The molecule has 4 nitrogen and oxygen atoms in total. The minimum atomic E-state index is 0.736. The Labute approximate surface area is 127 Å². The molecule has 0 bridgehead atoms. The summed E-state index contributed by atoms with van der Waals surface area (Å²) in [7, 11) is 2.25. The molecule has 1 aromatic carbocycles. The van der Waals surface area contributed by atoms with E-state index in [1.54, 1.807) is 0 Å². The Hall–Kier alpha value is -1.26. The first kappa shape index (κ1) is 13.4. The van der Waals surface area contributed by atoms with Gasteiger partial charge in [0.05, 0.1) is 0 Å². The van der Waals surface area contributed by atoms with Gasteiger partial charge in [-0.1, -0.05) is 0 Å². The zero-order chi connectivity index (χ0) is 14.2. The number of anilines is 2. The summed E-state index contributed by atoms with van der Waals surface area (Å²) in [5.74, 6) is 0.878. The molecule has 3 heterocycles. The second-order valence-electron chi connectivity index (χ2n) is 6.78. The number of hydrogen-bond donors (Lipinski definition) is 1. The number of nitrogens with zero attached hydrogens (tertiary/aromatic N) is 3. The van der Waals surface area contributed by atoms with Gasteiger partial charge in [-0.15, -0.1) is 0 Å². The summed E-state index contributed by atoms with van der Waals surface area (Å²) in [6.07, 6.45) is 1.36. The van der Waals surface area contributed by atoms with Crippen LogP contribution in [0.15, 0.2) is 24.3 Å². The second-order valence-corrected chi connectivity index (χ2v) is 6.78.